The highest BCUT2D eigenvalue weighted by Gasteiger charge is 2.19. The van der Waals surface area contributed by atoms with E-state index in [-0.39, 0.29) is 4.90 Å². The summed E-state index contributed by atoms with van der Waals surface area (Å²) in [6, 6.07) is 24.9. The van der Waals surface area contributed by atoms with Crippen LogP contribution < -0.4 is 9.46 Å². The molecular weight excluding hydrogens is 438 g/mol. The molecular formula is C24H19N5O3S. The first-order valence-corrected chi connectivity index (χ1v) is 11.6. The molecule has 0 amide bonds. The van der Waals surface area contributed by atoms with Gasteiger partial charge in [-0.25, -0.2) is 8.42 Å². The first-order chi connectivity index (χ1) is 16.0. The van der Waals surface area contributed by atoms with E-state index in [4.69, 9.17) is 4.74 Å². The van der Waals surface area contributed by atoms with Crippen molar-refractivity contribution in [3.63, 3.8) is 0 Å². The summed E-state index contributed by atoms with van der Waals surface area (Å²) < 4.78 is 36.3. The Morgan fingerprint density at radius 3 is 2.42 bits per heavy atom. The Kier molecular flexibility index (Phi) is 5.23. The second kappa shape index (κ2) is 8.36. The molecule has 3 aromatic carbocycles. The number of para-hydroxylation sites is 1. The molecule has 0 aliphatic carbocycles. The lowest BCUT2D eigenvalue weighted by Crippen LogP contribution is -2.14. The highest BCUT2D eigenvalue weighted by atomic mass is 32.2. The van der Waals surface area contributed by atoms with Gasteiger partial charge in [0.2, 0.25) is 0 Å². The van der Waals surface area contributed by atoms with Crippen molar-refractivity contribution in [1.82, 2.24) is 19.8 Å². The van der Waals surface area contributed by atoms with E-state index >= 15 is 0 Å². The fourth-order valence-electron chi connectivity index (χ4n) is 3.36. The molecule has 0 aliphatic heterocycles. The standard InChI is InChI=1S/C24H19N5O3S/c1-17-7-8-18(22-13-14-24-26-25-16-29(24)27-22)15-23(17)33(30,31)28-19-9-11-21(12-10-19)32-20-5-3-2-4-6-20/h2-16,28H,1H3. The van der Waals surface area contributed by atoms with Gasteiger partial charge in [0.05, 0.1) is 10.6 Å². The Bertz CT molecular complexity index is 1530. The fraction of sp³-hybridized carbons (Fsp3) is 0.0417. The molecule has 2 aromatic heterocycles. The van der Waals surface area contributed by atoms with E-state index in [9.17, 15) is 8.42 Å². The van der Waals surface area contributed by atoms with Gasteiger partial charge in [-0.3, -0.25) is 4.72 Å². The van der Waals surface area contributed by atoms with Crippen LogP contribution in [0.1, 0.15) is 5.56 Å². The molecule has 9 heteroatoms. The predicted molar refractivity (Wildman–Crippen MR) is 125 cm³/mol. The molecule has 0 saturated heterocycles. The van der Waals surface area contributed by atoms with Gasteiger partial charge in [0.1, 0.15) is 17.8 Å². The summed E-state index contributed by atoms with van der Waals surface area (Å²) >= 11 is 0. The molecule has 164 valence electrons. The Morgan fingerprint density at radius 1 is 0.879 bits per heavy atom. The van der Waals surface area contributed by atoms with Gasteiger partial charge in [0.15, 0.2) is 5.65 Å². The number of hydrogen-bond acceptors (Lipinski definition) is 6. The maximum absolute atomic E-state index is 13.2. The maximum Gasteiger partial charge on any atom is 0.262 e. The summed E-state index contributed by atoms with van der Waals surface area (Å²) in [5.41, 5.74) is 2.95. The van der Waals surface area contributed by atoms with Crippen LogP contribution >= 0.6 is 0 Å². The SMILES string of the molecule is Cc1ccc(-c2ccc3nncn3n2)cc1S(=O)(=O)Nc1ccc(Oc2ccccc2)cc1. The number of hydrogen-bond donors (Lipinski definition) is 1. The number of fused-ring (bicyclic) bond motifs is 1. The van der Waals surface area contributed by atoms with E-state index in [1.54, 1.807) is 60.0 Å². The Hall–Kier alpha value is -4.24. The number of aryl methyl sites for hydroxylation is 1. The summed E-state index contributed by atoms with van der Waals surface area (Å²) in [7, 11) is -3.83. The smallest absolute Gasteiger partial charge is 0.262 e. The highest BCUT2D eigenvalue weighted by Crippen LogP contribution is 2.27. The lowest BCUT2D eigenvalue weighted by Gasteiger charge is -2.13. The van der Waals surface area contributed by atoms with Gasteiger partial charge in [0.25, 0.3) is 10.0 Å². The molecule has 1 N–H and O–H groups in total. The van der Waals surface area contributed by atoms with Gasteiger partial charge in [-0.2, -0.15) is 9.61 Å². The van der Waals surface area contributed by atoms with E-state index < -0.39 is 10.0 Å². The fourth-order valence-corrected chi connectivity index (χ4v) is 4.69. The van der Waals surface area contributed by atoms with Crippen molar-refractivity contribution in [1.29, 1.82) is 0 Å². The number of benzene rings is 3. The largest absolute Gasteiger partial charge is 0.457 e. The van der Waals surface area contributed by atoms with Crippen molar-refractivity contribution < 1.29 is 13.2 Å². The number of ether oxygens (including phenoxy) is 1. The molecule has 0 bridgehead atoms. The highest BCUT2D eigenvalue weighted by molar-refractivity contribution is 7.92. The molecule has 5 aromatic rings. The van der Waals surface area contributed by atoms with Crippen LogP contribution in [-0.4, -0.2) is 28.2 Å². The molecule has 0 aliphatic rings. The molecule has 0 spiro atoms. The molecule has 5 rings (SSSR count). The molecule has 2 heterocycles. The number of aromatic nitrogens is 4. The number of rotatable bonds is 6. The van der Waals surface area contributed by atoms with E-state index in [0.717, 1.165) is 0 Å². The maximum atomic E-state index is 13.2. The molecule has 0 radical (unpaired) electrons. The number of anilines is 1. The molecule has 0 atom stereocenters. The number of sulfonamides is 1. The average Bonchev–Trinajstić information content (AvgIpc) is 3.29. The minimum absolute atomic E-state index is 0.176. The van der Waals surface area contributed by atoms with E-state index in [1.807, 2.05) is 36.4 Å². The Morgan fingerprint density at radius 2 is 1.64 bits per heavy atom. The van der Waals surface area contributed by atoms with Crippen LogP contribution in [0.25, 0.3) is 16.9 Å². The van der Waals surface area contributed by atoms with Crippen LogP contribution in [-0.2, 0) is 10.0 Å². The molecule has 0 fully saturated rings. The van der Waals surface area contributed by atoms with Crippen molar-refractivity contribution in [3.8, 4) is 22.8 Å². The third-order valence-electron chi connectivity index (χ3n) is 5.02. The van der Waals surface area contributed by atoms with Gasteiger partial charge < -0.3 is 4.74 Å². The van der Waals surface area contributed by atoms with Gasteiger partial charge in [-0.1, -0.05) is 30.3 Å². The summed E-state index contributed by atoms with van der Waals surface area (Å²) in [4.78, 5) is 0.176. The average molecular weight is 458 g/mol. The summed E-state index contributed by atoms with van der Waals surface area (Å²) in [5.74, 6) is 1.31. The molecule has 8 nitrogen and oxygen atoms in total. The van der Waals surface area contributed by atoms with Crippen LogP contribution in [0.2, 0.25) is 0 Å². The van der Waals surface area contributed by atoms with Gasteiger partial charge in [-0.15, -0.1) is 10.2 Å². The lowest BCUT2D eigenvalue weighted by molar-refractivity contribution is 0.483. The van der Waals surface area contributed by atoms with Crippen molar-refractivity contribution >= 4 is 21.4 Å². The first-order valence-electron chi connectivity index (χ1n) is 10.1. The van der Waals surface area contributed by atoms with Crippen molar-refractivity contribution in [2.75, 3.05) is 4.72 Å². The first kappa shape index (κ1) is 20.7. The van der Waals surface area contributed by atoms with Crippen LogP contribution in [0.3, 0.4) is 0 Å². The minimum atomic E-state index is -3.83. The van der Waals surface area contributed by atoms with Crippen LogP contribution in [0, 0.1) is 6.92 Å². The third-order valence-corrected chi connectivity index (χ3v) is 6.54. The van der Waals surface area contributed by atoms with Crippen LogP contribution in [0.5, 0.6) is 11.5 Å². The second-order valence-electron chi connectivity index (χ2n) is 7.38. The number of nitrogens with zero attached hydrogens (tertiary/aromatic N) is 4. The Balaban J connectivity index is 1.39. The summed E-state index contributed by atoms with van der Waals surface area (Å²) in [6.45, 7) is 1.76. The van der Waals surface area contributed by atoms with Crippen molar-refractivity contribution in [2.45, 2.75) is 11.8 Å². The third kappa shape index (κ3) is 4.39. The molecule has 0 unspecified atom stereocenters. The zero-order valence-electron chi connectivity index (χ0n) is 17.6. The normalized spacial score (nSPS) is 11.4. The van der Waals surface area contributed by atoms with Gasteiger partial charge in [0, 0.05) is 11.3 Å². The predicted octanol–water partition coefficient (Wildman–Crippen LogP) is 4.69. The monoisotopic (exact) mass is 457 g/mol. The van der Waals surface area contributed by atoms with E-state index in [2.05, 4.69) is 20.0 Å². The topological polar surface area (TPSA) is 98.5 Å². The van der Waals surface area contributed by atoms with Gasteiger partial charge in [-0.05, 0) is 67.1 Å². The molecule has 33 heavy (non-hydrogen) atoms. The lowest BCUT2D eigenvalue weighted by atomic mass is 10.1. The van der Waals surface area contributed by atoms with Crippen molar-refractivity contribution in [3.05, 3.63) is 96.8 Å². The van der Waals surface area contributed by atoms with E-state index in [1.165, 1.54) is 6.33 Å². The second-order valence-corrected chi connectivity index (χ2v) is 9.03. The zero-order chi connectivity index (χ0) is 22.8. The number of nitrogens with one attached hydrogen (secondary N) is 1. The van der Waals surface area contributed by atoms with E-state index in [0.29, 0.717) is 39.7 Å². The zero-order valence-corrected chi connectivity index (χ0v) is 18.4. The minimum Gasteiger partial charge on any atom is -0.457 e. The summed E-state index contributed by atoms with van der Waals surface area (Å²) in [5, 5.41) is 12.2. The van der Waals surface area contributed by atoms with Crippen molar-refractivity contribution in [2.24, 2.45) is 0 Å². The summed E-state index contributed by atoms with van der Waals surface area (Å²) in [6.07, 6.45) is 1.50. The van der Waals surface area contributed by atoms with Crippen LogP contribution in [0.15, 0.2) is 96.2 Å². The van der Waals surface area contributed by atoms with Crippen LogP contribution in [0.4, 0.5) is 5.69 Å². The quantitative estimate of drug-likeness (QED) is 0.397. The van der Waals surface area contributed by atoms with Gasteiger partial charge >= 0.3 is 0 Å². The Labute approximate surface area is 190 Å². The molecule has 0 saturated carbocycles.